The number of hydrogen-bond donors (Lipinski definition) is 12. The van der Waals surface area contributed by atoms with Crippen LogP contribution in [0.4, 0.5) is 16.2 Å². The van der Waals surface area contributed by atoms with Crippen LogP contribution in [0, 0.1) is 0 Å². The van der Waals surface area contributed by atoms with E-state index in [0.29, 0.717) is 0 Å². The summed E-state index contributed by atoms with van der Waals surface area (Å²) in [4.78, 5) is 136. The minimum Gasteiger partial charge on any atom is -0.481 e. The summed E-state index contributed by atoms with van der Waals surface area (Å²) in [5.74, 6) is -9.44. The molecule has 3 amide bonds. The fraction of sp³-hybridized carbons (Fsp3) is 0.649. The molecule has 0 radical (unpaired) electrons. The first-order chi connectivity index (χ1) is 30.2. The van der Waals surface area contributed by atoms with Gasteiger partial charge in [-0.15, -0.1) is 0 Å². The Bertz CT molecular complexity index is 1840. The second kappa shape index (κ2) is 27.6. The third kappa shape index (κ3) is 20.2. The van der Waals surface area contributed by atoms with E-state index >= 15 is 0 Å². The van der Waals surface area contributed by atoms with Crippen molar-refractivity contribution in [3.8, 4) is 0 Å². The van der Waals surface area contributed by atoms with Crippen LogP contribution in [0.25, 0.3) is 0 Å². The molecule has 1 aromatic rings. The van der Waals surface area contributed by atoms with E-state index in [0.717, 1.165) is 0 Å². The molecule has 0 spiro atoms. The Morgan fingerprint density at radius 1 is 0.484 bits per heavy atom. The van der Waals surface area contributed by atoms with Crippen molar-refractivity contribution < 1.29 is 78.9 Å². The second-order valence-electron chi connectivity index (χ2n) is 14.9. The first kappa shape index (κ1) is 53.7. The summed E-state index contributed by atoms with van der Waals surface area (Å²) >= 11 is 0. The molecule has 2 rings (SSSR count). The highest BCUT2D eigenvalue weighted by Gasteiger charge is 2.29. The molecule has 1 aromatic carbocycles. The van der Waals surface area contributed by atoms with E-state index in [1.807, 2.05) is 5.32 Å². The Morgan fingerprint density at radius 2 is 0.922 bits per heavy atom. The molecule has 358 valence electrons. The maximum absolute atomic E-state index is 12.8. The highest BCUT2D eigenvalue weighted by Crippen LogP contribution is 2.15. The monoisotopic (exact) mass is 915 g/mol. The van der Waals surface area contributed by atoms with Gasteiger partial charge in [-0.1, -0.05) is 0 Å². The zero-order valence-corrected chi connectivity index (χ0v) is 35.0. The van der Waals surface area contributed by atoms with Crippen LogP contribution in [0.3, 0.4) is 0 Å². The number of anilines is 2. The third-order valence-electron chi connectivity index (χ3n) is 10.1. The lowest BCUT2D eigenvalue weighted by molar-refractivity contribution is -0.145. The van der Waals surface area contributed by atoms with Crippen molar-refractivity contribution in [2.24, 2.45) is 0 Å². The van der Waals surface area contributed by atoms with Gasteiger partial charge in [0.15, 0.2) is 0 Å². The highest BCUT2D eigenvalue weighted by molar-refractivity contribution is 5.86. The number of carbonyl (C=O) groups excluding carboxylic acids is 2. The fourth-order valence-corrected chi connectivity index (χ4v) is 6.68. The molecular weight excluding hydrogens is 858 g/mol. The number of unbranched alkanes of at least 4 members (excludes halogenated alkanes) is 1. The van der Waals surface area contributed by atoms with E-state index in [1.54, 1.807) is 4.90 Å². The molecule has 12 N–H and O–H groups in total. The van der Waals surface area contributed by atoms with Crippen molar-refractivity contribution in [2.75, 3.05) is 102 Å². The van der Waals surface area contributed by atoms with Gasteiger partial charge in [-0.2, -0.15) is 0 Å². The Kier molecular flexibility index (Phi) is 23.1. The summed E-state index contributed by atoms with van der Waals surface area (Å²) in [6, 6.07) is -5.36. The van der Waals surface area contributed by atoms with Crippen LogP contribution in [0.2, 0.25) is 0 Å². The van der Waals surface area contributed by atoms with Crippen LogP contribution in [-0.2, 0) is 38.4 Å². The van der Waals surface area contributed by atoms with Gasteiger partial charge < -0.3 is 62.3 Å². The second-order valence-corrected chi connectivity index (χ2v) is 14.9. The molecule has 1 fully saturated rings. The number of urea groups is 1. The van der Waals surface area contributed by atoms with Crippen LogP contribution in [0.1, 0.15) is 44.9 Å². The summed E-state index contributed by atoms with van der Waals surface area (Å²) in [6.07, 6.45) is -1.07. The van der Waals surface area contributed by atoms with E-state index in [9.17, 15) is 83.4 Å². The number of aliphatic carboxylic acids is 7. The molecule has 0 bridgehead atoms. The van der Waals surface area contributed by atoms with Crippen LogP contribution < -0.4 is 37.4 Å². The number of rotatable bonds is 28. The Morgan fingerprint density at radius 3 is 1.34 bits per heavy atom. The molecule has 27 nitrogen and oxygen atoms in total. The summed E-state index contributed by atoms with van der Waals surface area (Å²) in [6.45, 7) is -0.349. The van der Waals surface area contributed by atoms with Crippen LogP contribution in [0.5, 0.6) is 0 Å². The average molecular weight is 916 g/mol. The summed E-state index contributed by atoms with van der Waals surface area (Å²) < 4.78 is 0. The van der Waals surface area contributed by atoms with Gasteiger partial charge in [0.2, 0.25) is 5.91 Å². The van der Waals surface area contributed by atoms with Crippen molar-refractivity contribution in [3.63, 3.8) is 0 Å². The maximum Gasteiger partial charge on any atom is 0.326 e. The summed E-state index contributed by atoms with van der Waals surface area (Å²) in [7, 11) is 0. The highest BCUT2D eigenvalue weighted by atomic mass is 16.4. The smallest absolute Gasteiger partial charge is 0.326 e. The molecule has 3 unspecified atom stereocenters. The van der Waals surface area contributed by atoms with E-state index in [2.05, 4.69) is 21.3 Å². The number of carboxylic acid groups (broad SMARTS) is 7. The quantitative estimate of drug-likeness (QED) is 0.0283. The van der Waals surface area contributed by atoms with E-state index in [4.69, 9.17) is 5.11 Å². The molecule has 0 aromatic heterocycles. The molecular formula is C37H57N9O18. The van der Waals surface area contributed by atoms with Crippen LogP contribution >= 0.6 is 0 Å². The van der Waals surface area contributed by atoms with E-state index < -0.39 is 109 Å². The molecule has 1 aliphatic heterocycles. The molecule has 1 heterocycles. The normalized spacial score (nSPS) is 16.2. The summed E-state index contributed by atoms with van der Waals surface area (Å²) in [5.41, 5.74) is -1.74. The van der Waals surface area contributed by atoms with Gasteiger partial charge in [-0.25, -0.2) is 14.4 Å². The predicted molar refractivity (Wildman–Crippen MR) is 221 cm³/mol. The van der Waals surface area contributed by atoms with Gasteiger partial charge >= 0.3 is 47.8 Å². The Labute approximate surface area is 365 Å². The van der Waals surface area contributed by atoms with Gasteiger partial charge in [-0.3, -0.25) is 58.0 Å². The molecule has 27 heteroatoms. The third-order valence-corrected chi connectivity index (χ3v) is 10.1. The largest absolute Gasteiger partial charge is 0.481 e. The van der Waals surface area contributed by atoms with Crippen molar-refractivity contribution in [1.29, 1.82) is 0 Å². The molecule has 0 aliphatic carbocycles. The number of hydrogen-bond acceptors (Lipinski definition) is 17. The van der Waals surface area contributed by atoms with E-state index in [-0.39, 0.29) is 122 Å². The van der Waals surface area contributed by atoms with Gasteiger partial charge in [-0.05, 0) is 32.1 Å². The molecule has 64 heavy (non-hydrogen) atoms. The lowest BCUT2D eigenvalue weighted by Crippen LogP contribution is -2.52. The Balaban J connectivity index is 1.91. The number of carbonyl (C=O) groups is 9. The predicted octanol–water partition coefficient (Wildman–Crippen LogP) is -3.83. The van der Waals surface area contributed by atoms with Gasteiger partial charge in [0, 0.05) is 84.8 Å². The standard InChI is InChI=1S/C37H57N9O18/c47-25(6-5-24(36(62)63)46-17-15-44(20-28(52)53)13-11-43(19-27(50)51)12-14-45(16-18-46)21-29(54)55)38-9-10-40-31-30(32(56)33(31)57)39-8-2-1-3-22(34(58)59)41-37(64)42-23(35(60)61)4-7-26(48)49/h22-24,39-40H,1-21H2,(H,38,47)(H,48,49)(H,50,51)(H,52,53)(H,54,55)(H,58,59)(H,60,61)(H,62,63)(H2,41,42,64). The van der Waals surface area contributed by atoms with Crippen LogP contribution in [-0.4, -0.2) is 219 Å². The fourth-order valence-electron chi connectivity index (χ4n) is 6.68. The van der Waals surface area contributed by atoms with Gasteiger partial charge in [0.25, 0.3) is 10.9 Å². The Hall–Kier alpha value is -6.45. The number of nitrogens with zero attached hydrogens (tertiary/aromatic N) is 4. The summed E-state index contributed by atoms with van der Waals surface area (Å²) in [5, 5.41) is 78.2. The molecule has 1 saturated heterocycles. The average Bonchev–Trinajstić information content (AvgIpc) is 3.20. The van der Waals surface area contributed by atoms with Crippen molar-refractivity contribution in [3.05, 3.63) is 20.4 Å². The van der Waals surface area contributed by atoms with Crippen LogP contribution in [0.15, 0.2) is 9.59 Å². The van der Waals surface area contributed by atoms with Gasteiger partial charge in [0.05, 0.1) is 19.6 Å². The first-order valence-corrected chi connectivity index (χ1v) is 20.3. The van der Waals surface area contributed by atoms with Gasteiger partial charge in [0.1, 0.15) is 29.5 Å². The topological polar surface area (TPSA) is 402 Å². The van der Waals surface area contributed by atoms with Crippen molar-refractivity contribution in [2.45, 2.75) is 63.1 Å². The molecule has 0 saturated carbocycles. The zero-order valence-electron chi connectivity index (χ0n) is 35.0. The van der Waals surface area contributed by atoms with E-state index in [1.165, 1.54) is 14.7 Å². The minimum absolute atomic E-state index is 0.0183. The zero-order chi connectivity index (χ0) is 47.9. The lowest BCUT2D eigenvalue weighted by Gasteiger charge is -2.35. The van der Waals surface area contributed by atoms with Crippen molar-refractivity contribution >= 4 is 65.1 Å². The molecule has 1 aliphatic rings. The first-order valence-electron chi connectivity index (χ1n) is 20.3. The number of carboxylic acids is 7. The minimum atomic E-state index is -1.57. The maximum atomic E-state index is 12.8. The number of nitrogens with one attached hydrogen (secondary N) is 5. The SMILES string of the molecule is O=C(O)CCC(NC(=O)NC(CCCCNc1c(NCCNC(=O)CCC(C(=O)O)N2CCN(CC(=O)O)CCN(CC(=O)O)CCN(CC(=O)O)CC2)c(=O)c1=O)C(=O)O)C(=O)O. The number of amides is 3. The lowest BCUT2D eigenvalue weighted by atomic mass is 10.1. The molecule has 3 atom stereocenters. The van der Waals surface area contributed by atoms with Crippen molar-refractivity contribution in [1.82, 2.24) is 35.6 Å².